The number of fused-ring (bicyclic) bond motifs is 1. The van der Waals surface area contributed by atoms with Gasteiger partial charge in [0, 0.05) is 0 Å². The number of benzene rings is 1. The van der Waals surface area contributed by atoms with Crippen molar-refractivity contribution in [1.82, 2.24) is 0 Å². The van der Waals surface area contributed by atoms with E-state index < -0.39 is 0 Å². The number of hydrogen-bond donors (Lipinski definition) is 0. The molecule has 2 aromatic rings. The monoisotopic (exact) mass is 214 g/mol. The first kappa shape index (κ1) is 8.97. The van der Waals surface area contributed by atoms with Gasteiger partial charge < -0.3 is 0 Å². The second-order valence-electron chi connectivity index (χ2n) is 2.90. The van der Waals surface area contributed by atoms with Gasteiger partial charge in [0.2, 0.25) is 0 Å². The van der Waals surface area contributed by atoms with E-state index in [1.807, 2.05) is 19.1 Å². The first-order valence-electron chi connectivity index (χ1n) is 4.08. The van der Waals surface area contributed by atoms with Gasteiger partial charge in [0.15, 0.2) is 0 Å². The lowest BCUT2D eigenvalue weighted by atomic mass is 10.1. The average Bonchev–Trinajstić information content (AvgIpc) is 2.46. The zero-order valence-electron chi connectivity index (χ0n) is 7.10. The Balaban J connectivity index is 2.75. The summed E-state index contributed by atoms with van der Waals surface area (Å²) in [6.45, 7) is 2.01. The SMILES string of the molecule is CCc1cc(F)c2sc(Cl)cc2c1. The maximum absolute atomic E-state index is 13.4. The van der Waals surface area contributed by atoms with Crippen molar-refractivity contribution in [3.05, 3.63) is 33.9 Å². The average molecular weight is 215 g/mol. The molecule has 0 atom stereocenters. The molecule has 0 N–H and O–H groups in total. The summed E-state index contributed by atoms with van der Waals surface area (Å²) in [5.41, 5.74) is 1.01. The molecule has 0 fully saturated rings. The number of halogens is 2. The van der Waals surface area contributed by atoms with E-state index in [1.54, 1.807) is 6.07 Å². The summed E-state index contributed by atoms with van der Waals surface area (Å²) in [5, 5.41) is 0.909. The predicted octanol–water partition coefficient (Wildman–Crippen LogP) is 4.26. The minimum Gasteiger partial charge on any atom is -0.205 e. The lowest BCUT2D eigenvalue weighted by Crippen LogP contribution is -1.82. The fraction of sp³-hybridized carbons (Fsp3) is 0.200. The third kappa shape index (κ3) is 1.56. The van der Waals surface area contributed by atoms with E-state index in [-0.39, 0.29) is 5.82 Å². The first-order valence-corrected chi connectivity index (χ1v) is 5.27. The number of aryl methyl sites for hydroxylation is 1. The Labute approximate surface area is 85.0 Å². The van der Waals surface area contributed by atoms with Crippen molar-refractivity contribution >= 4 is 33.0 Å². The molecular formula is C10H8ClFS. The molecule has 0 saturated heterocycles. The summed E-state index contributed by atoms with van der Waals surface area (Å²) >= 11 is 7.09. The van der Waals surface area contributed by atoms with Crippen LogP contribution in [-0.4, -0.2) is 0 Å². The van der Waals surface area contributed by atoms with Gasteiger partial charge >= 0.3 is 0 Å². The molecule has 0 nitrogen and oxygen atoms in total. The molecule has 3 heteroatoms. The Kier molecular flexibility index (Phi) is 2.26. The summed E-state index contributed by atoms with van der Waals surface area (Å²) in [5.74, 6) is -0.161. The molecule has 1 aromatic heterocycles. The van der Waals surface area contributed by atoms with Crippen LogP contribution in [0.5, 0.6) is 0 Å². The Hall–Kier alpha value is -0.600. The van der Waals surface area contributed by atoms with Gasteiger partial charge in [0.05, 0.1) is 9.04 Å². The maximum Gasteiger partial charge on any atom is 0.141 e. The normalized spacial score (nSPS) is 11.0. The van der Waals surface area contributed by atoms with Crippen LogP contribution in [0.3, 0.4) is 0 Å². The molecule has 0 aliphatic rings. The molecule has 0 unspecified atom stereocenters. The lowest BCUT2D eigenvalue weighted by molar-refractivity contribution is 0.640. The van der Waals surface area contributed by atoms with Gasteiger partial charge in [0.25, 0.3) is 0 Å². The number of rotatable bonds is 1. The zero-order valence-corrected chi connectivity index (χ0v) is 8.68. The van der Waals surface area contributed by atoms with Crippen molar-refractivity contribution in [1.29, 1.82) is 0 Å². The molecule has 0 saturated carbocycles. The highest BCUT2D eigenvalue weighted by atomic mass is 35.5. The van der Waals surface area contributed by atoms with Crippen LogP contribution in [0.25, 0.3) is 10.1 Å². The molecule has 1 aromatic carbocycles. The van der Waals surface area contributed by atoms with Crippen molar-refractivity contribution in [3.8, 4) is 0 Å². The molecule has 0 bridgehead atoms. The highest BCUT2D eigenvalue weighted by Gasteiger charge is 2.06. The van der Waals surface area contributed by atoms with Gasteiger partial charge in [0.1, 0.15) is 5.82 Å². The molecule has 0 amide bonds. The fourth-order valence-electron chi connectivity index (χ4n) is 1.34. The highest BCUT2D eigenvalue weighted by Crippen LogP contribution is 2.32. The second kappa shape index (κ2) is 3.28. The Morgan fingerprint density at radius 2 is 2.15 bits per heavy atom. The topological polar surface area (TPSA) is 0 Å². The van der Waals surface area contributed by atoms with Gasteiger partial charge in [-0.1, -0.05) is 24.6 Å². The molecule has 0 aliphatic carbocycles. The molecule has 1 heterocycles. The van der Waals surface area contributed by atoms with Crippen LogP contribution in [0, 0.1) is 5.82 Å². The Morgan fingerprint density at radius 3 is 2.85 bits per heavy atom. The summed E-state index contributed by atoms with van der Waals surface area (Å²) in [7, 11) is 0. The molecular weight excluding hydrogens is 207 g/mol. The molecule has 0 spiro atoms. The third-order valence-corrected chi connectivity index (χ3v) is 3.30. The molecule has 0 radical (unpaired) electrons. The van der Waals surface area contributed by atoms with Crippen LogP contribution < -0.4 is 0 Å². The maximum atomic E-state index is 13.4. The summed E-state index contributed by atoms with van der Waals surface area (Å²) < 4.78 is 14.7. The third-order valence-electron chi connectivity index (χ3n) is 2.01. The molecule has 13 heavy (non-hydrogen) atoms. The fourth-order valence-corrected chi connectivity index (χ4v) is 2.46. The van der Waals surface area contributed by atoms with Crippen molar-refractivity contribution in [2.75, 3.05) is 0 Å². The minimum absolute atomic E-state index is 0.161. The molecule has 2 rings (SSSR count). The van der Waals surface area contributed by atoms with Gasteiger partial charge in [-0.15, -0.1) is 11.3 Å². The van der Waals surface area contributed by atoms with E-state index in [4.69, 9.17) is 11.6 Å². The van der Waals surface area contributed by atoms with Gasteiger partial charge in [-0.25, -0.2) is 4.39 Å². The standard InChI is InChI=1S/C10H8ClFS/c1-2-6-3-7-5-9(11)13-10(7)8(12)4-6/h3-5H,2H2,1H3. The summed E-state index contributed by atoms with van der Waals surface area (Å²) in [6.07, 6.45) is 0.848. The van der Waals surface area contributed by atoms with Gasteiger partial charge in [-0.3, -0.25) is 0 Å². The van der Waals surface area contributed by atoms with Crippen molar-refractivity contribution < 1.29 is 4.39 Å². The van der Waals surface area contributed by atoms with Crippen LogP contribution in [-0.2, 0) is 6.42 Å². The molecule has 0 aliphatic heterocycles. The Bertz CT molecular complexity index is 447. The number of hydrogen-bond acceptors (Lipinski definition) is 1. The smallest absolute Gasteiger partial charge is 0.141 e. The van der Waals surface area contributed by atoms with E-state index >= 15 is 0 Å². The van der Waals surface area contributed by atoms with E-state index in [0.29, 0.717) is 9.04 Å². The van der Waals surface area contributed by atoms with E-state index in [9.17, 15) is 4.39 Å². The van der Waals surface area contributed by atoms with Gasteiger partial charge in [-0.05, 0) is 29.5 Å². The summed E-state index contributed by atoms with van der Waals surface area (Å²) in [4.78, 5) is 0. The highest BCUT2D eigenvalue weighted by molar-refractivity contribution is 7.22. The van der Waals surface area contributed by atoms with Crippen LogP contribution in [0.4, 0.5) is 4.39 Å². The predicted molar refractivity (Wildman–Crippen MR) is 56.2 cm³/mol. The molecule has 68 valence electrons. The van der Waals surface area contributed by atoms with Gasteiger partial charge in [-0.2, -0.15) is 0 Å². The van der Waals surface area contributed by atoms with Crippen LogP contribution >= 0.6 is 22.9 Å². The van der Waals surface area contributed by atoms with E-state index in [2.05, 4.69) is 0 Å². The van der Waals surface area contributed by atoms with Crippen molar-refractivity contribution in [3.63, 3.8) is 0 Å². The second-order valence-corrected chi connectivity index (χ2v) is 4.58. The van der Waals surface area contributed by atoms with E-state index in [1.165, 1.54) is 11.3 Å². The number of thiophene rings is 1. The van der Waals surface area contributed by atoms with Crippen molar-refractivity contribution in [2.45, 2.75) is 13.3 Å². The Morgan fingerprint density at radius 1 is 1.38 bits per heavy atom. The van der Waals surface area contributed by atoms with E-state index in [0.717, 1.165) is 17.4 Å². The van der Waals surface area contributed by atoms with Crippen LogP contribution in [0.1, 0.15) is 12.5 Å². The largest absolute Gasteiger partial charge is 0.205 e. The minimum atomic E-state index is -0.161. The summed E-state index contributed by atoms with van der Waals surface area (Å²) in [6, 6.07) is 5.37. The van der Waals surface area contributed by atoms with Crippen molar-refractivity contribution in [2.24, 2.45) is 0 Å². The lowest BCUT2D eigenvalue weighted by Gasteiger charge is -1.97. The zero-order chi connectivity index (χ0) is 9.42. The van der Waals surface area contributed by atoms with Crippen LogP contribution in [0.2, 0.25) is 4.34 Å². The van der Waals surface area contributed by atoms with Crippen LogP contribution in [0.15, 0.2) is 18.2 Å². The first-order chi connectivity index (χ1) is 6.20. The quantitative estimate of drug-likeness (QED) is 0.666.